The van der Waals surface area contributed by atoms with Gasteiger partial charge in [-0.1, -0.05) is 11.6 Å². The topological polar surface area (TPSA) is 37.8 Å². The molecule has 2 rings (SSSR count). The number of halogens is 2. The minimum atomic E-state index is -0.363. The fourth-order valence-corrected chi connectivity index (χ4v) is 2.04. The molecule has 0 amide bonds. The summed E-state index contributed by atoms with van der Waals surface area (Å²) in [4.78, 5) is 0. The number of aromatic nitrogens is 2. The highest BCUT2D eigenvalue weighted by molar-refractivity contribution is 6.33. The van der Waals surface area contributed by atoms with Gasteiger partial charge in [0.2, 0.25) is 0 Å². The lowest BCUT2D eigenvalue weighted by Gasteiger charge is -2.11. The summed E-state index contributed by atoms with van der Waals surface area (Å²) in [6, 6.07) is 4.26. The molecule has 0 spiro atoms. The van der Waals surface area contributed by atoms with E-state index in [0.717, 1.165) is 16.9 Å². The zero-order valence-corrected chi connectivity index (χ0v) is 11.1. The third kappa shape index (κ3) is 2.16. The van der Waals surface area contributed by atoms with Gasteiger partial charge in [-0.15, -0.1) is 10.2 Å². The minimum absolute atomic E-state index is 0.337. The summed E-state index contributed by atoms with van der Waals surface area (Å²) >= 11 is 6.04. The van der Waals surface area contributed by atoms with Crippen molar-refractivity contribution in [2.24, 2.45) is 0 Å². The third-order valence-corrected chi connectivity index (χ3v) is 3.26. The molecule has 0 saturated carbocycles. The van der Waals surface area contributed by atoms with Gasteiger partial charge in [-0.2, -0.15) is 0 Å². The lowest BCUT2D eigenvalue weighted by Crippen LogP contribution is -2.03. The predicted octanol–water partition coefficient (Wildman–Crippen LogP) is 3.59. The third-order valence-electron chi connectivity index (χ3n) is 2.95. The van der Waals surface area contributed by atoms with E-state index in [1.165, 1.54) is 12.1 Å². The first-order chi connectivity index (χ1) is 8.54. The molecule has 1 N–H and O–H groups in total. The molecule has 0 atom stereocenters. The quantitative estimate of drug-likeness (QED) is 0.902. The van der Waals surface area contributed by atoms with Gasteiger partial charge in [0.1, 0.15) is 5.82 Å². The van der Waals surface area contributed by atoms with Crippen LogP contribution in [0.15, 0.2) is 18.2 Å². The van der Waals surface area contributed by atoms with Crippen molar-refractivity contribution in [2.45, 2.75) is 13.8 Å². The smallest absolute Gasteiger partial charge is 0.151 e. The maximum absolute atomic E-state index is 13.0. The normalized spacial score (nSPS) is 10.5. The van der Waals surface area contributed by atoms with Crippen molar-refractivity contribution in [2.75, 3.05) is 12.4 Å². The lowest BCUT2D eigenvalue weighted by atomic mass is 10.0. The first-order valence-electron chi connectivity index (χ1n) is 5.51. The zero-order valence-electron chi connectivity index (χ0n) is 10.4. The van der Waals surface area contributed by atoms with Crippen LogP contribution in [-0.2, 0) is 0 Å². The predicted molar refractivity (Wildman–Crippen MR) is 71.5 cm³/mol. The molecule has 0 aliphatic rings. The first kappa shape index (κ1) is 12.8. The molecule has 0 unspecified atom stereocenters. The van der Waals surface area contributed by atoms with Gasteiger partial charge in [0.15, 0.2) is 5.82 Å². The molecular formula is C13H13ClFN3. The van der Waals surface area contributed by atoms with E-state index in [1.54, 1.807) is 13.1 Å². The molecule has 0 aliphatic carbocycles. The molecule has 3 nitrogen and oxygen atoms in total. The van der Waals surface area contributed by atoms with Crippen LogP contribution in [0.2, 0.25) is 5.02 Å². The van der Waals surface area contributed by atoms with Crippen LogP contribution in [-0.4, -0.2) is 17.2 Å². The SMILES string of the molecule is CNc1nnc(-c2ccc(F)cc2Cl)c(C)c1C. The number of rotatable bonds is 2. The van der Waals surface area contributed by atoms with Crippen LogP contribution in [0.3, 0.4) is 0 Å². The molecule has 1 aromatic heterocycles. The molecule has 0 saturated heterocycles. The van der Waals surface area contributed by atoms with E-state index in [1.807, 2.05) is 13.8 Å². The van der Waals surface area contributed by atoms with E-state index in [4.69, 9.17) is 11.6 Å². The molecule has 0 aliphatic heterocycles. The van der Waals surface area contributed by atoms with Gasteiger partial charge < -0.3 is 5.32 Å². The summed E-state index contributed by atoms with van der Waals surface area (Å²) in [6.07, 6.45) is 0. The zero-order chi connectivity index (χ0) is 13.3. The van der Waals surface area contributed by atoms with Gasteiger partial charge in [-0.3, -0.25) is 0 Å². The second kappa shape index (κ2) is 4.90. The minimum Gasteiger partial charge on any atom is -0.371 e. The van der Waals surface area contributed by atoms with Crippen LogP contribution >= 0.6 is 11.6 Å². The summed E-state index contributed by atoms with van der Waals surface area (Å²) in [5, 5.41) is 11.5. The Balaban J connectivity index is 2.61. The second-order valence-corrected chi connectivity index (χ2v) is 4.43. The van der Waals surface area contributed by atoms with E-state index in [9.17, 15) is 4.39 Å². The highest BCUT2D eigenvalue weighted by atomic mass is 35.5. The monoisotopic (exact) mass is 265 g/mol. The van der Waals surface area contributed by atoms with Crippen LogP contribution in [0.4, 0.5) is 10.2 Å². The second-order valence-electron chi connectivity index (χ2n) is 4.02. The van der Waals surface area contributed by atoms with Gasteiger partial charge in [0.05, 0.1) is 10.7 Å². The van der Waals surface area contributed by atoms with E-state index >= 15 is 0 Å². The molecule has 1 aromatic carbocycles. The Kier molecular flexibility index (Phi) is 3.48. The average Bonchev–Trinajstić information content (AvgIpc) is 2.34. The number of benzene rings is 1. The highest BCUT2D eigenvalue weighted by Crippen LogP contribution is 2.31. The Bertz CT molecular complexity index is 599. The maximum atomic E-state index is 13.0. The maximum Gasteiger partial charge on any atom is 0.151 e. The van der Waals surface area contributed by atoms with Crippen LogP contribution in [0.25, 0.3) is 11.3 Å². The summed E-state index contributed by atoms with van der Waals surface area (Å²) in [6.45, 7) is 3.90. The highest BCUT2D eigenvalue weighted by Gasteiger charge is 2.13. The Morgan fingerprint density at radius 3 is 2.50 bits per heavy atom. The standard InChI is InChI=1S/C13H13ClFN3/c1-7-8(2)13(16-3)18-17-12(7)10-5-4-9(15)6-11(10)14/h4-6H,1-3H3,(H,16,18). The molecule has 2 aromatic rings. The van der Waals surface area contributed by atoms with Crippen LogP contribution in [0.5, 0.6) is 0 Å². The molecule has 94 valence electrons. The van der Waals surface area contributed by atoms with Crippen molar-refractivity contribution in [1.29, 1.82) is 0 Å². The Morgan fingerprint density at radius 1 is 1.17 bits per heavy atom. The number of nitrogens with zero attached hydrogens (tertiary/aromatic N) is 2. The summed E-state index contributed by atoms with van der Waals surface area (Å²) in [5.41, 5.74) is 3.34. The van der Waals surface area contributed by atoms with E-state index < -0.39 is 0 Å². The van der Waals surface area contributed by atoms with Gasteiger partial charge in [0.25, 0.3) is 0 Å². The van der Waals surface area contributed by atoms with Crippen LogP contribution < -0.4 is 5.32 Å². The molecule has 0 bridgehead atoms. The van der Waals surface area contributed by atoms with Gasteiger partial charge in [-0.05, 0) is 43.2 Å². The summed E-state index contributed by atoms with van der Waals surface area (Å²) in [7, 11) is 1.79. The molecule has 1 heterocycles. The number of hydrogen-bond acceptors (Lipinski definition) is 3. The Labute approximate surface area is 110 Å². The van der Waals surface area contributed by atoms with Crippen molar-refractivity contribution in [3.63, 3.8) is 0 Å². The largest absolute Gasteiger partial charge is 0.371 e. The van der Waals surface area contributed by atoms with Crippen molar-refractivity contribution in [3.8, 4) is 11.3 Å². The van der Waals surface area contributed by atoms with Crippen LogP contribution in [0.1, 0.15) is 11.1 Å². The van der Waals surface area contributed by atoms with Gasteiger partial charge in [-0.25, -0.2) is 4.39 Å². The van der Waals surface area contributed by atoms with E-state index in [2.05, 4.69) is 15.5 Å². The number of nitrogens with one attached hydrogen (secondary N) is 1. The molecular weight excluding hydrogens is 253 g/mol. The van der Waals surface area contributed by atoms with Gasteiger partial charge >= 0.3 is 0 Å². The fourth-order valence-electron chi connectivity index (χ4n) is 1.78. The van der Waals surface area contributed by atoms with Crippen molar-refractivity contribution in [1.82, 2.24) is 10.2 Å². The van der Waals surface area contributed by atoms with E-state index in [0.29, 0.717) is 16.3 Å². The number of hydrogen-bond donors (Lipinski definition) is 1. The molecule has 18 heavy (non-hydrogen) atoms. The summed E-state index contributed by atoms with van der Waals surface area (Å²) < 4.78 is 13.0. The molecule has 0 radical (unpaired) electrons. The van der Waals surface area contributed by atoms with Crippen molar-refractivity contribution in [3.05, 3.63) is 40.2 Å². The first-order valence-corrected chi connectivity index (χ1v) is 5.89. The fraction of sp³-hybridized carbons (Fsp3) is 0.231. The molecule has 5 heteroatoms. The molecule has 0 fully saturated rings. The Hall–Kier alpha value is -1.68. The average molecular weight is 266 g/mol. The Morgan fingerprint density at radius 2 is 1.89 bits per heavy atom. The van der Waals surface area contributed by atoms with Gasteiger partial charge in [0, 0.05) is 12.6 Å². The van der Waals surface area contributed by atoms with Crippen LogP contribution in [0, 0.1) is 19.7 Å². The summed E-state index contributed by atoms with van der Waals surface area (Å²) in [5.74, 6) is 0.368. The van der Waals surface area contributed by atoms with Crippen molar-refractivity contribution >= 4 is 17.4 Å². The van der Waals surface area contributed by atoms with E-state index in [-0.39, 0.29) is 5.82 Å². The number of anilines is 1. The van der Waals surface area contributed by atoms with Crippen molar-refractivity contribution < 1.29 is 4.39 Å². The lowest BCUT2D eigenvalue weighted by molar-refractivity contribution is 0.628.